The van der Waals surface area contributed by atoms with Gasteiger partial charge in [0.1, 0.15) is 0 Å². The van der Waals surface area contributed by atoms with Gasteiger partial charge in [-0.3, -0.25) is 0 Å². The Morgan fingerprint density at radius 1 is 1.16 bits per heavy atom. The third-order valence-corrected chi connectivity index (χ3v) is 4.62. The van der Waals surface area contributed by atoms with Crippen LogP contribution < -0.4 is 5.32 Å². The van der Waals surface area contributed by atoms with Gasteiger partial charge in [-0.25, -0.2) is 0 Å². The summed E-state index contributed by atoms with van der Waals surface area (Å²) >= 11 is 0. The lowest BCUT2D eigenvalue weighted by Gasteiger charge is -2.30. The van der Waals surface area contributed by atoms with Crippen LogP contribution >= 0.6 is 0 Å². The number of nitrogens with one attached hydrogen (secondary N) is 1. The molecule has 0 bridgehead atoms. The van der Waals surface area contributed by atoms with Crippen LogP contribution in [0.4, 0.5) is 0 Å². The SMILES string of the molecule is Cc1ccc(C(C)NC2CCC(CO)CC2)cc1C. The first-order valence-corrected chi connectivity index (χ1v) is 7.54. The molecule has 0 radical (unpaired) electrons. The lowest BCUT2D eigenvalue weighted by molar-refractivity contribution is 0.172. The molecular formula is C17H27NO. The van der Waals surface area contributed by atoms with E-state index in [4.69, 9.17) is 0 Å². The molecule has 1 saturated carbocycles. The summed E-state index contributed by atoms with van der Waals surface area (Å²) in [6.45, 7) is 6.95. The number of aliphatic hydroxyl groups excluding tert-OH is 1. The smallest absolute Gasteiger partial charge is 0.0459 e. The van der Waals surface area contributed by atoms with Crippen molar-refractivity contribution < 1.29 is 5.11 Å². The fourth-order valence-electron chi connectivity index (χ4n) is 3.00. The minimum atomic E-state index is 0.361. The normalized spacial score (nSPS) is 25.3. The molecule has 1 atom stereocenters. The molecule has 0 aliphatic heterocycles. The van der Waals surface area contributed by atoms with Gasteiger partial charge in [-0.1, -0.05) is 18.2 Å². The van der Waals surface area contributed by atoms with Crippen molar-refractivity contribution in [3.8, 4) is 0 Å². The van der Waals surface area contributed by atoms with Crippen molar-refractivity contribution in [1.29, 1.82) is 0 Å². The maximum absolute atomic E-state index is 9.17. The topological polar surface area (TPSA) is 32.3 Å². The highest BCUT2D eigenvalue weighted by Gasteiger charge is 2.21. The maximum Gasteiger partial charge on any atom is 0.0459 e. The molecule has 2 N–H and O–H groups in total. The van der Waals surface area contributed by atoms with Gasteiger partial charge in [0.25, 0.3) is 0 Å². The molecule has 0 aromatic heterocycles. The van der Waals surface area contributed by atoms with Gasteiger partial charge in [-0.15, -0.1) is 0 Å². The van der Waals surface area contributed by atoms with E-state index in [-0.39, 0.29) is 0 Å². The Kier molecular flexibility index (Phi) is 5.00. The van der Waals surface area contributed by atoms with Gasteiger partial charge < -0.3 is 10.4 Å². The highest BCUT2D eigenvalue weighted by Crippen LogP contribution is 2.26. The standard InChI is InChI=1S/C17H27NO/c1-12-4-7-16(10-13(12)2)14(3)18-17-8-5-15(11-19)6-9-17/h4,7,10,14-15,17-19H,5-6,8-9,11H2,1-3H3. The van der Waals surface area contributed by atoms with Gasteiger partial charge >= 0.3 is 0 Å². The molecule has 0 heterocycles. The van der Waals surface area contributed by atoms with Crippen LogP contribution in [0.1, 0.15) is 55.3 Å². The summed E-state index contributed by atoms with van der Waals surface area (Å²) in [5, 5.41) is 12.9. The summed E-state index contributed by atoms with van der Waals surface area (Å²) in [7, 11) is 0. The molecule has 2 nitrogen and oxygen atoms in total. The van der Waals surface area contributed by atoms with E-state index in [0.29, 0.717) is 24.6 Å². The van der Waals surface area contributed by atoms with Gasteiger partial charge in [0.15, 0.2) is 0 Å². The molecule has 1 fully saturated rings. The van der Waals surface area contributed by atoms with E-state index in [9.17, 15) is 5.11 Å². The molecule has 106 valence electrons. The molecule has 1 aromatic carbocycles. The summed E-state index contributed by atoms with van der Waals surface area (Å²) in [5.41, 5.74) is 4.11. The number of hydrogen-bond acceptors (Lipinski definition) is 2. The Hall–Kier alpha value is -0.860. The van der Waals surface area contributed by atoms with E-state index in [1.807, 2.05) is 0 Å². The van der Waals surface area contributed by atoms with Crippen molar-refractivity contribution >= 4 is 0 Å². The molecule has 19 heavy (non-hydrogen) atoms. The first-order chi connectivity index (χ1) is 9.10. The molecule has 1 aromatic rings. The Balaban J connectivity index is 1.90. The van der Waals surface area contributed by atoms with Crippen LogP contribution in [0, 0.1) is 19.8 Å². The molecule has 0 saturated heterocycles. The average Bonchev–Trinajstić information content (AvgIpc) is 2.42. The Morgan fingerprint density at radius 2 is 1.84 bits per heavy atom. The summed E-state index contributed by atoms with van der Waals surface area (Å²) in [6, 6.07) is 7.77. The van der Waals surface area contributed by atoms with Crippen molar-refractivity contribution in [3.63, 3.8) is 0 Å². The van der Waals surface area contributed by atoms with Crippen LogP contribution in [0.2, 0.25) is 0 Å². The predicted octanol–water partition coefficient (Wildman–Crippen LogP) is 3.51. The fourth-order valence-corrected chi connectivity index (χ4v) is 3.00. The van der Waals surface area contributed by atoms with Crippen molar-refractivity contribution in [2.75, 3.05) is 6.61 Å². The number of aryl methyl sites for hydroxylation is 2. The van der Waals surface area contributed by atoms with Crippen LogP contribution in [-0.4, -0.2) is 17.8 Å². The molecule has 2 rings (SSSR count). The number of hydrogen-bond donors (Lipinski definition) is 2. The largest absolute Gasteiger partial charge is 0.396 e. The van der Waals surface area contributed by atoms with E-state index < -0.39 is 0 Å². The van der Waals surface area contributed by atoms with Crippen LogP contribution in [0.5, 0.6) is 0 Å². The monoisotopic (exact) mass is 261 g/mol. The number of aliphatic hydroxyl groups is 1. The molecule has 1 aliphatic rings. The summed E-state index contributed by atoms with van der Waals surface area (Å²) in [4.78, 5) is 0. The zero-order valence-corrected chi connectivity index (χ0v) is 12.4. The third kappa shape index (κ3) is 3.80. The summed E-state index contributed by atoms with van der Waals surface area (Å²) in [5.74, 6) is 0.537. The molecule has 2 heteroatoms. The lowest BCUT2D eigenvalue weighted by Crippen LogP contribution is -2.35. The van der Waals surface area contributed by atoms with Crippen molar-refractivity contribution in [2.24, 2.45) is 5.92 Å². The summed E-state index contributed by atoms with van der Waals surface area (Å²) in [6.07, 6.45) is 4.71. The number of benzene rings is 1. The van der Waals surface area contributed by atoms with Crippen LogP contribution in [0.15, 0.2) is 18.2 Å². The van der Waals surface area contributed by atoms with E-state index in [0.717, 1.165) is 12.8 Å². The van der Waals surface area contributed by atoms with Gasteiger partial charge in [0.05, 0.1) is 0 Å². The second-order valence-electron chi connectivity index (χ2n) is 6.13. The second kappa shape index (κ2) is 6.53. The van der Waals surface area contributed by atoms with Gasteiger partial charge in [0, 0.05) is 18.7 Å². The maximum atomic E-state index is 9.17. The minimum absolute atomic E-state index is 0.361. The van der Waals surface area contributed by atoms with Crippen LogP contribution in [-0.2, 0) is 0 Å². The van der Waals surface area contributed by atoms with Gasteiger partial charge in [-0.05, 0) is 69.1 Å². The van der Waals surface area contributed by atoms with E-state index in [1.54, 1.807) is 0 Å². The van der Waals surface area contributed by atoms with Crippen LogP contribution in [0.3, 0.4) is 0 Å². The third-order valence-electron chi connectivity index (χ3n) is 4.62. The average molecular weight is 261 g/mol. The zero-order chi connectivity index (χ0) is 13.8. The second-order valence-corrected chi connectivity index (χ2v) is 6.13. The van der Waals surface area contributed by atoms with Gasteiger partial charge in [0.2, 0.25) is 0 Å². The van der Waals surface area contributed by atoms with E-state index in [1.165, 1.54) is 29.5 Å². The quantitative estimate of drug-likeness (QED) is 0.869. The lowest BCUT2D eigenvalue weighted by atomic mass is 9.86. The molecule has 1 aliphatic carbocycles. The Labute approximate surface area is 117 Å². The van der Waals surface area contributed by atoms with Crippen molar-refractivity contribution in [3.05, 3.63) is 34.9 Å². The number of rotatable bonds is 4. The highest BCUT2D eigenvalue weighted by molar-refractivity contribution is 5.31. The van der Waals surface area contributed by atoms with E-state index in [2.05, 4.69) is 44.3 Å². The predicted molar refractivity (Wildman–Crippen MR) is 80.3 cm³/mol. The first-order valence-electron chi connectivity index (χ1n) is 7.54. The Bertz CT molecular complexity index is 408. The zero-order valence-electron chi connectivity index (χ0n) is 12.4. The molecule has 0 spiro atoms. The van der Waals surface area contributed by atoms with Crippen LogP contribution in [0.25, 0.3) is 0 Å². The van der Waals surface area contributed by atoms with Crippen molar-refractivity contribution in [1.82, 2.24) is 5.32 Å². The van der Waals surface area contributed by atoms with Crippen molar-refractivity contribution in [2.45, 2.75) is 58.5 Å². The molecular weight excluding hydrogens is 234 g/mol. The van der Waals surface area contributed by atoms with E-state index >= 15 is 0 Å². The minimum Gasteiger partial charge on any atom is -0.396 e. The Morgan fingerprint density at radius 3 is 2.42 bits per heavy atom. The highest BCUT2D eigenvalue weighted by atomic mass is 16.3. The first kappa shape index (κ1) is 14.5. The molecule has 0 amide bonds. The fraction of sp³-hybridized carbons (Fsp3) is 0.647. The van der Waals surface area contributed by atoms with Gasteiger partial charge in [-0.2, -0.15) is 0 Å². The summed E-state index contributed by atoms with van der Waals surface area (Å²) < 4.78 is 0. The molecule has 1 unspecified atom stereocenters.